The van der Waals surface area contributed by atoms with Gasteiger partial charge in [-0.25, -0.2) is 0 Å². The minimum atomic E-state index is 0.675. The minimum Gasteiger partial charge on any atom is -0.398 e. The van der Waals surface area contributed by atoms with Crippen molar-refractivity contribution in [3.8, 4) is 0 Å². The molecule has 1 aromatic rings. The first-order valence-corrected chi connectivity index (χ1v) is 6.86. The molecular weight excluding hydrogens is 232 g/mol. The van der Waals surface area contributed by atoms with Crippen molar-refractivity contribution in [2.75, 3.05) is 18.8 Å². The Kier molecular flexibility index (Phi) is 3.01. The van der Waals surface area contributed by atoms with Crippen LogP contribution in [0.1, 0.15) is 24.8 Å². The molecule has 1 heterocycles. The summed E-state index contributed by atoms with van der Waals surface area (Å²) in [7, 11) is 0. The van der Waals surface area contributed by atoms with Gasteiger partial charge in [-0.05, 0) is 42.4 Å². The highest BCUT2D eigenvalue weighted by molar-refractivity contribution is 6.33. The zero-order valence-corrected chi connectivity index (χ0v) is 10.8. The third-order valence-corrected chi connectivity index (χ3v) is 4.60. The van der Waals surface area contributed by atoms with Gasteiger partial charge >= 0.3 is 0 Å². The molecule has 1 aliphatic carbocycles. The number of hydrogen-bond acceptors (Lipinski definition) is 2. The standard InChI is InChI=1S/C14H19ClN2/c15-13-6-10(4-5-14(13)16)7-17-8-11-2-1-3-12(11)9-17/h4-6,11-12H,1-3,7-9,16H2. The predicted octanol–water partition coefficient (Wildman–Crippen LogP) is 3.15. The lowest BCUT2D eigenvalue weighted by Gasteiger charge is -2.17. The highest BCUT2D eigenvalue weighted by Gasteiger charge is 2.35. The first kappa shape index (κ1) is 11.4. The molecule has 3 heteroatoms. The van der Waals surface area contributed by atoms with Crippen molar-refractivity contribution in [1.82, 2.24) is 4.90 Å². The van der Waals surface area contributed by atoms with E-state index in [4.69, 9.17) is 17.3 Å². The Balaban J connectivity index is 1.65. The lowest BCUT2D eigenvalue weighted by molar-refractivity contribution is 0.303. The van der Waals surface area contributed by atoms with Gasteiger partial charge in [0.2, 0.25) is 0 Å². The summed E-state index contributed by atoms with van der Waals surface area (Å²) < 4.78 is 0. The van der Waals surface area contributed by atoms with Crippen molar-refractivity contribution >= 4 is 17.3 Å². The Morgan fingerprint density at radius 3 is 2.59 bits per heavy atom. The molecule has 1 saturated heterocycles. The van der Waals surface area contributed by atoms with Gasteiger partial charge in [0.05, 0.1) is 10.7 Å². The molecule has 0 bridgehead atoms. The Morgan fingerprint density at radius 2 is 1.94 bits per heavy atom. The van der Waals surface area contributed by atoms with Gasteiger partial charge in [0.15, 0.2) is 0 Å². The van der Waals surface area contributed by atoms with Crippen LogP contribution in [0.25, 0.3) is 0 Å². The molecular formula is C14H19ClN2. The molecule has 0 amide bonds. The second-order valence-electron chi connectivity index (χ2n) is 5.50. The fourth-order valence-corrected chi connectivity index (χ4v) is 3.59. The van der Waals surface area contributed by atoms with Crippen molar-refractivity contribution in [2.45, 2.75) is 25.8 Å². The quantitative estimate of drug-likeness (QED) is 0.817. The number of hydrogen-bond donors (Lipinski definition) is 1. The number of rotatable bonds is 2. The summed E-state index contributed by atoms with van der Waals surface area (Å²) in [5.74, 6) is 1.92. The largest absolute Gasteiger partial charge is 0.398 e. The average Bonchev–Trinajstić information content (AvgIpc) is 2.84. The van der Waals surface area contributed by atoms with E-state index in [0.717, 1.165) is 18.4 Å². The third-order valence-electron chi connectivity index (χ3n) is 4.27. The van der Waals surface area contributed by atoms with Crippen molar-refractivity contribution < 1.29 is 0 Å². The lowest BCUT2D eigenvalue weighted by atomic mass is 10.0. The highest BCUT2D eigenvalue weighted by Crippen LogP contribution is 2.38. The molecule has 1 aromatic carbocycles. The van der Waals surface area contributed by atoms with Crippen molar-refractivity contribution in [1.29, 1.82) is 0 Å². The molecule has 2 fully saturated rings. The number of halogens is 1. The Morgan fingerprint density at radius 1 is 1.24 bits per heavy atom. The first-order chi connectivity index (χ1) is 8.22. The average molecular weight is 251 g/mol. The maximum Gasteiger partial charge on any atom is 0.0638 e. The minimum absolute atomic E-state index is 0.675. The summed E-state index contributed by atoms with van der Waals surface area (Å²) in [6.07, 6.45) is 4.31. The molecule has 2 nitrogen and oxygen atoms in total. The molecule has 2 N–H and O–H groups in total. The van der Waals surface area contributed by atoms with Crippen LogP contribution in [-0.4, -0.2) is 18.0 Å². The van der Waals surface area contributed by atoms with Crippen molar-refractivity contribution in [3.63, 3.8) is 0 Å². The molecule has 2 aliphatic rings. The summed E-state index contributed by atoms with van der Waals surface area (Å²) >= 11 is 6.05. The van der Waals surface area contributed by atoms with E-state index in [2.05, 4.69) is 11.0 Å². The molecule has 92 valence electrons. The van der Waals surface area contributed by atoms with Crippen LogP contribution in [-0.2, 0) is 6.54 Å². The lowest BCUT2D eigenvalue weighted by Crippen LogP contribution is -2.21. The molecule has 0 radical (unpaired) electrons. The van der Waals surface area contributed by atoms with Crippen molar-refractivity contribution in [3.05, 3.63) is 28.8 Å². The Labute approximate surface area is 108 Å². The van der Waals surface area contributed by atoms with Gasteiger partial charge in [-0.2, -0.15) is 0 Å². The molecule has 0 spiro atoms. The molecule has 1 saturated carbocycles. The first-order valence-electron chi connectivity index (χ1n) is 6.48. The van der Waals surface area contributed by atoms with E-state index < -0.39 is 0 Å². The fraction of sp³-hybridized carbons (Fsp3) is 0.571. The number of nitrogens with zero attached hydrogens (tertiary/aromatic N) is 1. The number of nitrogen functional groups attached to an aromatic ring is 1. The van der Waals surface area contributed by atoms with Crippen LogP contribution < -0.4 is 5.73 Å². The topological polar surface area (TPSA) is 29.3 Å². The maximum atomic E-state index is 6.05. The van der Waals surface area contributed by atoms with Crippen molar-refractivity contribution in [2.24, 2.45) is 11.8 Å². The van der Waals surface area contributed by atoms with E-state index in [1.54, 1.807) is 0 Å². The van der Waals surface area contributed by atoms with Crippen LogP contribution in [0, 0.1) is 11.8 Å². The van der Waals surface area contributed by atoms with E-state index in [-0.39, 0.29) is 0 Å². The third kappa shape index (κ3) is 2.29. The van der Waals surface area contributed by atoms with E-state index in [9.17, 15) is 0 Å². The fourth-order valence-electron chi connectivity index (χ4n) is 3.39. The van der Waals surface area contributed by atoms with E-state index in [1.807, 2.05) is 12.1 Å². The monoisotopic (exact) mass is 250 g/mol. The van der Waals surface area contributed by atoms with Gasteiger partial charge in [0.1, 0.15) is 0 Å². The van der Waals surface area contributed by atoms with E-state index >= 15 is 0 Å². The summed E-state index contributed by atoms with van der Waals surface area (Å²) in [5, 5.41) is 0.682. The maximum absolute atomic E-state index is 6.05. The second kappa shape index (κ2) is 4.51. The zero-order chi connectivity index (χ0) is 11.8. The van der Waals surface area contributed by atoms with Gasteiger partial charge < -0.3 is 5.73 Å². The van der Waals surface area contributed by atoms with Crippen LogP contribution in [0.5, 0.6) is 0 Å². The molecule has 2 unspecified atom stereocenters. The number of likely N-dealkylation sites (tertiary alicyclic amines) is 1. The van der Waals surface area contributed by atoms with Gasteiger partial charge in [-0.1, -0.05) is 24.1 Å². The normalized spacial score (nSPS) is 28.5. The molecule has 3 rings (SSSR count). The number of fused-ring (bicyclic) bond motifs is 1. The highest BCUT2D eigenvalue weighted by atomic mass is 35.5. The van der Waals surface area contributed by atoms with Crippen LogP contribution in [0.4, 0.5) is 5.69 Å². The van der Waals surface area contributed by atoms with E-state index in [1.165, 1.54) is 37.9 Å². The van der Waals surface area contributed by atoms with Gasteiger partial charge in [-0.15, -0.1) is 0 Å². The van der Waals surface area contributed by atoms with Gasteiger partial charge in [0, 0.05) is 19.6 Å². The summed E-state index contributed by atoms with van der Waals surface area (Å²) in [6, 6.07) is 6.01. The van der Waals surface area contributed by atoms with Crippen LogP contribution in [0.15, 0.2) is 18.2 Å². The summed E-state index contributed by atoms with van der Waals surface area (Å²) in [5.41, 5.74) is 7.68. The zero-order valence-electron chi connectivity index (χ0n) is 10.0. The molecule has 17 heavy (non-hydrogen) atoms. The number of anilines is 1. The van der Waals surface area contributed by atoms with Crippen LogP contribution in [0.3, 0.4) is 0 Å². The van der Waals surface area contributed by atoms with Crippen LogP contribution in [0.2, 0.25) is 5.02 Å². The molecule has 0 aromatic heterocycles. The number of benzene rings is 1. The smallest absolute Gasteiger partial charge is 0.0638 e. The van der Waals surface area contributed by atoms with Gasteiger partial charge in [0.25, 0.3) is 0 Å². The predicted molar refractivity (Wildman–Crippen MR) is 72.0 cm³/mol. The summed E-state index contributed by atoms with van der Waals surface area (Å²) in [6.45, 7) is 3.56. The van der Waals surface area contributed by atoms with Crippen LogP contribution >= 0.6 is 11.6 Å². The SMILES string of the molecule is Nc1ccc(CN2CC3CCCC3C2)cc1Cl. The Hall–Kier alpha value is -0.730. The second-order valence-corrected chi connectivity index (χ2v) is 5.91. The van der Waals surface area contributed by atoms with E-state index in [0.29, 0.717) is 10.7 Å². The summed E-state index contributed by atoms with van der Waals surface area (Å²) in [4.78, 5) is 2.57. The van der Waals surface area contributed by atoms with Gasteiger partial charge in [-0.3, -0.25) is 4.90 Å². The molecule has 2 atom stereocenters. The number of nitrogens with two attached hydrogens (primary N) is 1. The molecule has 1 aliphatic heterocycles. The Bertz CT molecular complexity index is 407.